The summed E-state index contributed by atoms with van der Waals surface area (Å²) in [5, 5.41) is 12.8. The first kappa shape index (κ1) is 22.3. The van der Waals surface area contributed by atoms with Crippen LogP contribution in [-0.2, 0) is 12.2 Å². The van der Waals surface area contributed by atoms with Crippen molar-refractivity contribution < 1.29 is 4.79 Å². The Kier molecular flexibility index (Phi) is 7.04. The van der Waals surface area contributed by atoms with Gasteiger partial charge in [0.25, 0.3) is 5.91 Å². The molecule has 0 bridgehead atoms. The van der Waals surface area contributed by atoms with Crippen LogP contribution in [0.25, 0.3) is 5.69 Å². The Labute approximate surface area is 199 Å². The first-order valence-electron chi connectivity index (χ1n) is 9.75. The summed E-state index contributed by atoms with van der Waals surface area (Å²) in [4.78, 5) is 21.6. The maximum absolute atomic E-state index is 13.2. The highest BCUT2D eigenvalue weighted by Crippen LogP contribution is 2.27. The summed E-state index contributed by atoms with van der Waals surface area (Å²) in [6.45, 7) is 2.03. The predicted molar refractivity (Wildman–Crippen MR) is 127 cm³/mol. The molecule has 0 spiro atoms. The zero-order valence-electron chi connectivity index (χ0n) is 17.0. The highest BCUT2D eigenvalue weighted by molar-refractivity contribution is 7.98. The normalized spacial score (nSPS) is 10.8. The van der Waals surface area contributed by atoms with E-state index in [0.717, 1.165) is 17.7 Å². The summed E-state index contributed by atoms with van der Waals surface area (Å²) in [5.74, 6) is 0.00845. The van der Waals surface area contributed by atoms with Crippen LogP contribution in [0.5, 0.6) is 0 Å². The fraction of sp³-hybridized carbons (Fsp3) is 0.136. The van der Waals surface area contributed by atoms with Gasteiger partial charge in [-0.3, -0.25) is 4.79 Å². The molecule has 0 aliphatic rings. The highest BCUT2D eigenvalue weighted by atomic mass is 35.5. The molecule has 7 nitrogen and oxygen atoms in total. The molecule has 0 atom stereocenters. The van der Waals surface area contributed by atoms with Crippen molar-refractivity contribution in [2.24, 2.45) is 0 Å². The number of thioether (sulfide) groups is 1. The van der Waals surface area contributed by atoms with Crippen LogP contribution in [0.1, 0.15) is 28.7 Å². The summed E-state index contributed by atoms with van der Waals surface area (Å²) in [7, 11) is 0. The van der Waals surface area contributed by atoms with Crippen molar-refractivity contribution in [1.82, 2.24) is 25.0 Å². The fourth-order valence-electron chi connectivity index (χ4n) is 3.10. The molecule has 4 rings (SSSR count). The average molecular weight is 485 g/mol. The lowest BCUT2D eigenvalue weighted by Gasteiger charge is -2.11. The molecule has 0 fully saturated rings. The number of carbonyl (C=O) groups is 1. The number of nitrogens with one attached hydrogen (secondary N) is 1. The number of aryl methyl sites for hydroxylation is 1. The van der Waals surface area contributed by atoms with Gasteiger partial charge < -0.3 is 5.32 Å². The van der Waals surface area contributed by atoms with Gasteiger partial charge in [-0.2, -0.15) is 0 Å². The van der Waals surface area contributed by atoms with Crippen LogP contribution >= 0.6 is 35.0 Å². The summed E-state index contributed by atoms with van der Waals surface area (Å²) in [6.07, 6.45) is 4.12. The van der Waals surface area contributed by atoms with E-state index in [4.69, 9.17) is 23.2 Å². The van der Waals surface area contributed by atoms with Gasteiger partial charge in [-0.05, 0) is 42.3 Å². The Morgan fingerprint density at radius 2 is 1.78 bits per heavy atom. The second-order valence-electron chi connectivity index (χ2n) is 6.71. The third-order valence-corrected chi connectivity index (χ3v) is 5.92. The van der Waals surface area contributed by atoms with Gasteiger partial charge >= 0.3 is 0 Å². The molecule has 4 aromatic rings. The van der Waals surface area contributed by atoms with Gasteiger partial charge in [0.2, 0.25) is 0 Å². The zero-order valence-corrected chi connectivity index (χ0v) is 19.3. The number of benzene rings is 2. The van der Waals surface area contributed by atoms with Gasteiger partial charge in [-0.25, -0.2) is 14.6 Å². The van der Waals surface area contributed by atoms with E-state index in [1.54, 1.807) is 41.3 Å². The Bertz CT molecular complexity index is 1230. The molecule has 0 unspecified atom stereocenters. The minimum absolute atomic E-state index is 0.204. The number of anilines is 1. The number of amides is 1. The molecule has 0 aliphatic carbocycles. The third kappa shape index (κ3) is 5.09. The molecule has 10 heteroatoms. The molecule has 2 heterocycles. The van der Waals surface area contributed by atoms with Crippen LogP contribution in [-0.4, -0.2) is 30.9 Å². The van der Waals surface area contributed by atoms with E-state index in [2.05, 4.69) is 25.6 Å². The van der Waals surface area contributed by atoms with Crippen molar-refractivity contribution in [3.63, 3.8) is 0 Å². The van der Waals surface area contributed by atoms with Crippen molar-refractivity contribution in [2.45, 2.75) is 24.3 Å². The molecule has 0 aliphatic heterocycles. The summed E-state index contributed by atoms with van der Waals surface area (Å²) in [6, 6.07) is 14.5. The molecule has 0 saturated carbocycles. The van der Waals surface area contributed by atoms with E-state index in [1.807, 2.05) is 31.2 Å². The lowest BCUT2D eigenvalue weighted by Crippen LogP contribution is -2.16. The van der Waals surface area contributed by atoms with Crippen LogP contribution in [0.4, 0.5) is 5.69 Å². The van der Waals surface area contributed by atoms with Crippen molar-refractivity contribution in [3.05, 3.63) is 87.9 Å². The lowest BCUT2D eigenvalue weighted by atomic mass is 10.1. The van der Waals surface area contributed by atoms with Crippen molar-refractivity contribution >= 4 is 46.6 Å². The first-order valence-corrected chi connectivity index (χ1v) is 11.5. The fourth-order valence-corrected chi connectivity index (χ4v) is 4.41. The monoisotopic (exact) mass is 484 g/mol. The minimum atomic E-state index is -0.352. The second-order valence-corrected chi connectivity index (χ2v) is 8.52. The number of nitrogens with zero attached hydrogens (tertiary/aromatic N) is 5. The first-order chi connectivity index (χ1) is 15.5. The van der Waals surface area contributed by atoms with Gasteiger partial charge in [-0.15, -0.1) is 5.10 Å². The van der Waals surface area contributed by atoms with E-state index in [9.17, 15) is 4.79 Å². The number of para-hydroxylation sites is 1. The van der Waals surface area contributed by atoms with Gasteiger partial charge in [0, 0.05) is 33.9 Å². The molecule has 1 amide bonds. The number of aromatic nitrogens is 5. The van der Waals surface area contributed by atoms with Crippen LogP contribution < -0.4 is 5.32 Å². The van der Waals surface area contributed by atoms with Crippen molar-refractivity contribution in [3.8, 4) is 5.69 Å². The second kappa shape index (κ2) is 10.1. The Morgan fingerprint density at radius 3 is 2.50 bits per heavy atom. The average Bonchev–Trinajstić information content (AvgIpc) is 3.22. The Morgan fingerprint density at radius 1 is 1.06 bits per heavy atom. The van der Waals surface area contributed by atoms with Crippen LogP contribution in [0.15, 0.2) is 66.1 Å². The minimum Gasteiger partial charge on any atom is -0.320 e. The smallest absolute Gasteiger partial charge is 0.278 e. The Balaban J connectivity index is 1.71. The number of carbonyl (C=O) groups excluding carboxylic acids is 1. The van der Waals surface area contributed by atoms with E-state index in [-0.39, 0.29) is 11.6 Å². The van der Waals surface area contributed by atoms with Crippen molar-refractivity contribution in [1.29, 1.82) is 0 Å². The molecule has 2 aromatic carbocycles. The van der Waals surface area contributed by atoms with Gasteiger partial charge in [0.1, 0.15) is 0 Å². The molecule has 1 N–H and O–H groups in total. The number of halogens is 2. The van der Waals surface area contributed by atoms with Gasteiger partial charge in [-0.1, -0.05) is 65.3 Å². The van der Waals surface area contributed by atoms with Crippen molar-refractivity contribution in [2.75, 3.05) is 5.32 Å². The highest BCUT2D eigenvalue weighted by Gasteiger charge is 2.22. The topological polar surface area (TPSA) is 85.6 Å². The van der Waals surface area contributed by atoms with Crippen LogP contribution in [0, 0.1) is 0 Å². The number of hydrogen-bond donors (Lipinski definition) is 1. The standard InChI is InChI=1S/C22H18Cl2N6OS/c1-2-14-6-3-4-7-18(14)27-21(31)20-19(13-32-22-25-8-5-9-26-22)30(29-28-20)17-11-15(23)10-16(24)12-17/h3-12H,2,13H2,1H3,(H,27,31). The lowest BCUT2D eigenvalue weighted by molar-refractivity contribution is 0.102. The summed E-state index contributed by atoms with van der Waals surface area (Å²) < 4.78 is 1.56. The largest absolute Gasteiger partial charge is 0.320 e. The Hall–Kier alpha value is -2.94. The van der Waals surface area contributed by atoms with E-state index >= 15 is 0 Å². The SMILES string of the molecule is CCc1ccccc1NC(=O)c1nnn(-c2cc(Cl)cc(Cl)c2)c1CSc1ncccn1. The van der Waals surface area contributed by atoms with Crippen LogP contribution in [0.2, 0.25) is 10.0 Å². The molecule has 2 aromatic heterocycles. The van der Waals surface area contributed by atoms with E-state index in [0.29, 0.717) is 32.3 Å². The maximum Gasteiger partial charge on any atom is 0.278 e. The maximum atomic E-state index is 13.2. The molecule has 0 radical (unpaired) electrons. The van der Waals surface area contributed by atoms with E-state index in [1.165, 1.54) is 11.8 Å². The molecule has 0 saturated heterocycles. The number of rotatable bonds is 7. The predicted octanol–water partition coefficient (Wildman–Crippen LogP) is 5.47. The molecule has 162 valence electrons. The summed E-state index contributed by atoms with van der Waals surface area (Å²) in [5.41, 5.74) is 3.16. The van der Waals surface area contributed by atoms with Gasteiger partial charge in [0.15, 0.2) is 10.9 Å². The quantitative estimate of drug-likeness (QED) is 0.276. The van der Waals surface area contributed by atoms with Crippen LogP contribution in [0.3, 0.4) is 0 Å². The zero-order chi connectivity index (χ0) is 22.5. The molecular weight excluding hydrogens is 467 g/mol. The van der Waals surface area contributed by atoms with Gasteiger partial charge in [0.05, 0.1) is 11.4 Å². The number of hydrogen-bond acceptors (Lipinski definition) is 6. The third-order valence-electron chi connectivity index (χ3n) is 4.60. The molecule has 32 heavy (non-hydrogen) atoms. The molecular formula is C22H18Cl2N6OS. The summed E-state index contributed by atoms with van der Waals surface area (Å²) >= 11 is 13.7. The van der Waals surface area contributed by atoms with E-state index < -0.39 is 0 Å².